The van der Waals surface area contributed by atoms with Crippen molar-refractivity contribution in [3.05, 3.63) is 39.9 Å². The van der Waals surface area contributed by atoms with Gasteiger partial charge >= 0.3 is 0 Å². The highest BCUT2D eigenvalue weighted by Crippen LogP contribution is 2.18. The molecule has 1 aromatic carbocycles. The maximum absolute atomic E-state index is 10.6. The van der Waals surface area contributed by atoms with E-state index in [-0.39, 0.29) is 10.6 Å². The molecule has 1 aromatic rings. The predicted molar refractivity (Wildman–Crippen MR) is 73.7 cm³/mol. The summed E-state index contributed by atoms with van der Waals surface area (Å²) in [6.07, 6.45) is 3.23. The Bertz CT molecular complexity index is 376. The zero-order valence-electron chi connectivity index (χ0n) is 11.3. The van der Waals surface area contributed by atoms with Crippen molar-refractivity contribution in [3.8, 4) is 0 Å². The van der Waals surface area contributed by atoms with Crippen molar-refractivity contribution in [3.63, 3.8) is 0 Å². The van der Waals surface area contributed by atoms with E-state index in [1.165, 1.54) is 5.56 Å². The fraction of sp³-hybridized carbons (Fsp3) is 0.571. The molecule has 18 heavy (non-hydrogen) atoms. The molecule has 1 N–H and O–H groups in total. The maximum atomic E-state index is 10.6. The van der Waals surface area contributed by atoms with E-state index in [9.17, 15) is 10.1 Å². The molecule has 100 valence electrons. The molecular weight excluding hydrogens is 228 g/mol. The molecule has 0 heterocycles. The molecule has 4 nitrogen and oxygen atoms in total. The normalized spacial score (nSPS) is 14.2. The zero-order chi connectivity index (χ0) is 13.5. The summed E-state index contributed by atoms with van der Waals surface area (Å²) >= 11 is 0. The lowest BCUT2D eigenvalue weighted by Crippen LogP contribution is -2.30. The summed E-state index contributed by atoms with van der Waals surface area (Å²) in [7, 11) is 1.99. The zero-order valence-corrected chi connectivity index (χ0v) is 11.3. The Labute approximate surface area is 109 Å². The molecule has 2 atom stereocenters. The molecule has 0 bridgehead atoms. The van der Waals surface area contributed by atoms with Gasteiger partial charge < -0.3 is 5.32 Å². The lowest BCUT2D eigenvalue weighted by Gasteiger charge is -2.22. The highest BCUT2D eigenvalue weighted by molar-refractivity contribution is 5.32. The van der Waals surface area contributed by atoms with Crippen LogP contribution >= 0.6 is 0 Å². The van der Waals surface area contributed by atoms with Crippen LogP contribution in [0.25, 0.3) is 0 Å². The number of benzene rings is 1. The highest BCUT2D eigenvalue weighted by atomic mass is 16.6. The third kappa shape index (κ3) is 4.11. The smallest absolute Gasteiger partial charge is 0.269 e. The number of hydrogen-bond donors (Lipinski definition) is 1. The van der Waals surface area contributed by atoms with Gasteiger partial charge in [-0.3, -0.25) is 10.1 Å². The second-order valence-corrected chi connectivity index (χ2v) is 4.71. The van der Waals surface area contributed by atoms with Crippen molar-refractivity contribution in [2.45, 2.75) is 39.2 Å². The maximum Gasteiger partial charge on any atom is 0.269 e. The van der Waals surface area contributed by atoms with Crippen LogP contribution < -0.4 is 5.32 Å². The Kier molecular flexibility index (Phi) is 5.78. The van der Waals surface area contributed by atoms with E-state index in [1.807, 2.05) is 19.2 Å². The summed E-state index contributed by atoms with van der Waals surface area (Å²) in [5, 5.41) is 13.8. The number of non-ortho nitro benzene ring substituents is 1. The molecule has 0 aromatic heterocycles. The van der Waals surface area contributed by atoms with Gasteiger partial charge in [-0.25, -0.2) is 0 Å². The largest absolute Gasteiger partial charge is 0.317 e. The van der Waals surface area contributed by atoms with E-state index in [4.69, 9.17) is 0 Å². The number of aryl methyl sites for hydroxylation is 1. The van der Waals surface area contributed by atoms with E-state index in [0.717, 1.165) is 19.3 Å². The number of nitro groups is 1. The summed E-state index contributed by atoms with van der Waals surface area (Å²) in [5.74, 6) is 0.644. The molecule has 0 radical (unpaired) electrons. The monoisotopic (exact) mass is 250 g/mol. The van der Waals surface area contributed by atoms with Gasteiger partial charge in [0.15, 0.2) is 0 Å². The average Bonchev–Trinajstić information content (AvgIpc) is 2.39. The topological polar surface area (TPSA) is 55.2 Å². The minimum atomic E-state index is -0.359. The minimum absolute atomic E-state index is 0.161. The summed E-state index contributed by atoms with van der Waals surface area (Å²) in [6.45, 7) is 4.40. The first kappa shape index (κ1) is 14.6. The lowest BCUT2D eigenvalue weighted by atomic mass is 9.91. The molecule has 1 rings (SSSR count). The van der Waals surface area contributed by atoms with Crippen molar-refractivity contribution < 1.29 is 4.92 Å². The van der Waals surface area contributed by atoms with Crippen molar-refractivity contribution in [2.24, 2.45) is 5.92 Å². The third-order valence-electron chi connectivity index (χ3n) is 3.64. The van der Waals surface area contributed by atoms with Crippen LogP contribution in [0.5, 0.6) is 0 Å². The molecule has 0 amide bonds. The molecule has 2 unspecified atom stereocenters. The van der Waals surface area contributed by atoms with Crippen LogP contribution in [0.1, 0.15) is 32.3 Å². The van der Waals surface area contributed by atoms with Gasteiger partial charge in [0, 0.05) is 18.2 Å². The quantitative estimate of drug-likeness (QED) is 0.597. The molecule has 0 saturated heterocycles. The van der Waals surface area contributed by atoms with Crippen LogP contribution in [0.3, 0.4) is 0 Å². The van der Waals surface area contributed by atoms with Gasteiger partial charge in [0.25, 0.3) is 5.69 Å². The number of nitrogens with zero attached hydrogens (tertiary/aromatic N) is 1. The molecule has 0 aliphatic heterocycles. The van der Waals surface area contributed by atoms with Gasteiger partial charge in [-0.05, 0) is 38.3 Å². The first-order valence-corrected chi connectivity index (χ1v) is 6.49. The van der Waals surface area contributed by atoms with Crippen LogP contribution in [-0.4, -0.2) is 18.0 Å². The molecule has 0 fully saturated rings. The Morgan fingerprint density at radius 3 is 2.39 bits per heavy atom. The number of hydrogen-bond acceptors (Lipinski definition) is 3. The summed E-state index contributed by atoms with van der Waals surface area (Å²) in [5.41, 5.74) is 1.33. The molecule has 0 saturated carbocycles. The van der Waals surface area contributed by atoms with E-state index in [0.29, 0.717) is 12.0 Å². The second kappa shape index (κ2) is 7.11. The molecule has 0 spiro atoms. The average molecular weight is 250 g/mol. The number of nitrogens with one attached hydrogen (secondary N) is 1. The Morgan fingerprint density at radius 2 is 1.94 bits per heavy atom. The molecular formula is C14H22N2O2. The number of rotatable bonds is 7. The summed E-state index contributed by atoms with van der Waals surface area (Å²) < 4.78 is 0. The molecule has 0 aliphatic carbocycles. The summed E-state index contributed by atoms with van der Waals surface area (Å²) in [6, 6.07) is 7.38. The van der Waals surface area contributed by atoms with E-state index < -0.39 is 0 Å². The van der Waals surface area contributed by atoms with Gasteiger partial charge in [0.05, 0.1) is 4.92 Å². The fourth-order valence-electron chi connectivity index (χ4n) is 2.18. The van der Waals surface area contributed by atoms with Crippen LogP contribution in [-0.2, 0) is 6.42 Å². The van der Waals surface area contributed by atoms with E-state index >= 15 is 0 Å². The minimum Gasteiger partial charge on any atom is -0.317 e. The first-order valence-electron chi connectivity index (χ1n) is 6.49. The SMILES string of the molecule is CCC(CCc1ccc([N+](=O)[O-])cc1)C(C)NC. The standard InChI is InChI=1S/C14H22N2O2/c1-4-13(11(2)15-3)8-5-12-6-9-14(10-7-12)16(17)18/h6-7,9-11,13,15H,4-5,8H2,1-3H3. The fourth-order valence-corrected chi connectivity index (χ4v) is 2.18. The highest BCUT2D eigenvalue weighted by Gasteiger charge is 2.13. The van der Waals surface area contributed by atoms with Crippen molar-refractivity contribution in [1.82, 2.24) is 5.32 Å². The Hall–Kier alpha value is -1.42. The van der Waals surface area contributed by atoms with Crippen molar-refractivity contribution in [1.29, 1.82) is 0 Å². The van der Waals surface area contributed by atoms with Crippen LogP contribution in [0, 0.1) is 16.0 Å². The molecule has 4 heteroatoms. The second-order valence-electron chi connectivity index (χ2n) is 4.71. The van der Waals surface area contributed by atoms with Gasteiger partial charge in [0.2, 0.25) is 0 Å². The van der Waals surface area contributed by atoms with Gasteiger partial charge in [-0.2, -0.15) is 0 Å². The third-order valence-corrected chi connectivity index (χ3v) is 3.64. The Balaban J connectivity index is 2.54. The van der Waals surface area contributed by atoms with E-state index in [2.05, 4.69) is 19.2 Å². The van der Waals surface area contributed by atoms with Gasteiger partial charge in [-0.15, -0.1) is 0 Å². The number of nitro benzene ring substituents is 1. The van der Waals surface area contributed by atoms with Crippen molar-refractivity contribution in [2.75, 3.05) is 7.05 Å². The first-order chi connectivity index (χ1) is 8.58. The lowest BCUT2D eigenvalue weighted by molar-refractivity contribution is -0.384. The van der Waals surface area contributed by atoms with E-state index in [1.54, 1.807) is 12.1 Å². The predicted octanol–water partition coefficient (Wildman–Crippen LogP) is 3.16. The Morgan fingerprint density at radius 1 is 1.33 bits per heavy atom. The van der Waals surface area contributed by atoms with Crippen molar-refractivity contribution >= 4 is 5.69 Å². The summed E-state index contributed by atoms with van der Waals surface area (Å²) in [4.78, 5) is 10.2. The van der Waals surface area contributed by atoms with Crippen LogP contribution in [0.4, 0.5) is 5.69 Å². The molecule has 0 aliphatic rings. The van der Waals surface area contributed by atoms with Gasteiger partial charge in [0.1, 0.15) is 0 Å². The van der Waals surface area contributed by atoms with Crippen LogP contribution in [0.15, 0.2) is 24.3 Å². The van der Waals surface area contributed by atoms with Crippen LogP contribution in [0.2, 0.25) is 0 Å². The van der Waals surface area contributed by atoms with Gasteiger partial charge in [-0.1, -0.05) is 25.5 Å².